The molecule has 0 radical (unpaired) electrons. The maximum Gasteiger partial charge on any atom is 0.248 e. The summed E-state index contributed by atoms with van der Waals surface area (Å²) in [5, 5.41) is 2.73. The molecule has 166 valence electrons. The van der Waals surface area contributed by atoms with Gasteiger partial charge in [-0.3, -0.25) is 4.79 Å². The zero-order valence-electron chi connectivity index (χ0n) is 17.8. The summed E-state index contributed by atoms with van der Waals surface area (Å²) >= 11 is 0. The molecule has 0 atom stereocenters. The summed E-state index contributed by atoms with van der Waals surface area (Å²) in [7, 11) is -2.15. The molecule has 0 aromatic heterocycles. The van der Waals surface area contributed by atoms with Crippen molar-refractivity contribution >= 4 is 27.7 Å². The molecule has 2 aromatic carbocycles. The molecule has 1 saturated heterocycles. The number of benzene rings is 2. The van der Waals surface area contributed by atoms with E-state index in [1.54, 1.807) is 32.2 Å². The van der Waals surface area contributed by atoms with Crippen molar-refractivity contribution in [2.75, 3.05) is 32.1 Å². The Morgan fingerprint density at radius 2 is 1.84 bits per heavy atom. The fourth-order valence-corrected chi connectivity index (χ4v) is 5.13. The van der Waals surface area contributed by atoms with E-state index in [1.807, 2.05) is 24.3 Å². The average Bonchev–Trinajstić information content (AvgIpc) is 2.79. The van der Waals surface area contributed by atoms with Crippen molar-refractivity contribution in [1.82, 2.24) is 4.31 Å². The number of nitrogens with one attached hydrogen (secondary N) is 1. The highest BCUT2D eigenvalue weighted by molar-refractivity contribution is 7.89. The third kappa shape index (κ3) is 5.65. The quantitative estimate of drug-likeness (QED) is 0.624. The van der Waals surface area contributed by atoms with E-state index in [0.29, 0.717) is 31.1 Å². The normalized spacial score (nSPS) is 15.0. The lowest BCUT2D eigenvalue weighted by molar-refractivity contribution is -0.111. The lowest BCUT2D eigenvalue weighted by Gasteiger charge is -2.26. The van der Waals surface area contributed by atoms with Crippen LogP contribution in [0.15, 0.2) is 53.4 Å². The van der Waals surface area contributed by atoms with Crippen LogP contribution in [0.1, 0.15) is 31.7 Å². The summed E-state index contributed by atoms with van der Waals surface area (Å²) in [6.45, 7) is 3.13. The van der Waals surface area contributed by atoms with Gasteiger partial charge in [-0.1, -0.05) is 24.6 Å². The number of carbonyl (C=O) groups is 1. The lowest BCUT2D eigenvalue weighted by Crippen LogP contribution is -2.35. The number of amides is 1. The monoisotopic (exact) mass is 444 g/mol. The Hall–Kier alpha value is -2.84. The van der Waals surface area contributed by atoms with Gasteiger partial charge in [0.25, 0.3) is 0 Å². The van der Waals surface area contributed by atoms with E-state index in [1.165, 1.54) is 16.4 Å². The molecule has 1 aliphatic heterocycles. The number of ether oxygens (including phenoxy) is 2. The highest BCUT2D eigenvalue weighted by atomic mass is 32.2. The van der Waals surface area contributed by atoms with Gasteiger partial charge in [0, 0.05) is 30.4 Å². The van der Waals surface area contributed by atoms with Crippen LogP contribution in [-0.4, -0.2) is 45.4 Å². The maximum absolute atomic E-state index is 13.2. The Morgan fingerprint density at radius 1 is 1.10 bits per heavy atom. The van der Waals surface area contributed by atoms with Gasteiger partial charge in [0.15, 0.2) is 0 Å². The first kappa shape index (κ1) is 22.8. The van der Waals surface area contributed by atoms with Crippen molar-refractivity contribution in [2.45, 2.75) is 31.1 Å². The van der Waals surface area contributed by atoms with Crippen LogP contribution in [0.25, 0.3) is 6.08 Å². The molecule has 31 heavy (non-hydrogen) atoms. The minimum absolute atomic E-state index is 0.0720. The number of rotatable bonds is 8. The van der Waals surface area contributed by atoms with E-state index >= 15 is 0 Å². The van der Waals surface area contributed by atoms with Gasteiger partial charge in [0.1, 0.15) is 16.4 Å². The van der Waals surface area contributed by atoms with E-state index < -0.39 is 10.0 Å². The molecule has 1 fully saturated rings. The summed E-state index contributed by atoms with van der Waals surface area (Å²) < 4.78 is 38.7. The zero-order chi connectivity index (χ0) is 22.3. The molecule has 1 N–H and O–H groups in total. The third-order valence-corrected chi connectivity index (χ3v) is 6.92. The number of nitrogens with zero attached hydrogens (tertiary/aromatic N) is 1. The first-order valence-electron chi connectivity index (χ1n) is 10.3. The number of hydrogen-bond donors (Lipinski definition) is 1. The van der Waals surface area contributed by atoms with Gasteiger partial charge >= 0.3 is 0 Å². The van der Waals surface area contributed by atoms with Crippen molar-refractivity contribution in [3.05, 3.63) is 54.1 Å². The molecule has 0 aliphatic carbocycles. The van der Waals surface area contributed by atoms with Gasteiger partial charge in [-0.2, -0.15) is 4.31 Å². The Kier molecular flexibility index (Phi) is 7.70. The number of para-hydroxylation sites is 1. The minimum atomic E-state index is -3.71. The molecule has 2 aromatic rings. The number of anilines is 1. The molecule has 3 rings (SSSR count). The van der Waals surface area contributed by atoms with Gasteiger partial charge < -0.3 is 14.8 Å². The van der Waals surface area contributed by atoms with E-state index in [4.69, 9.17) is 9.47 Å². The van der Waals surface area contributed by atoms with Crippen molar-refractivity contribution in [2.24, 2.45) is 0 Å². The van der Waals surface area contributed by atoms with Gasteiger partial charge in [-0.25, -0.2) is 8.42 Å². The number of hydrogen-bond acceptors (Lipinski definition) is 5. The fourth-order valence-electron chi connectivity index (χ4n) is 3.46. The molecule has 0 bridgehead atoms. The summed E-state index contributed by atoms with van der Waals surface area (Å²) in [5.41, 5.74) is 1.15. The van der Waals surface area contributed by atoms with Crippen molar-refractivity contribution < 1.29 is 22.7 Å². The second-order valence-corrected chi connectivity index (χ2v) is 9.03. The first-order chi connectivity index (χ1) is 15.0. The predicted molar refractivity (Wildman–Crippen MR) is 121 cm³/mol. The van der Waals surface area contributed by atoms with Gasteiger partial charge in [0.2, 0.25) is 15.9 Å². The Balaban J connectivity index is 1.82. The average molecular weight is 445 g/mol. The highest BCUT2D eigenvalue weighted by Gasteiger charge is 2.29. The Labute approximate surface area is 183 Å². The molecule has 1 amide bonds. The predicted octanol–water partition coefficient (Wildman–Crippen LogP) is 3.92. The molecular formula is C23H28N2O5S. The highest BCUT2D eigenvalue weighted by Crippen LogP contribution is 2.31. The van der Waals surface area contributed by atoms with E-state index in [9.17, 15) is 13.2 Å². The van der Waals surface area contributed by atoms with Crippen molar-refractivity contribution in [3.8, 4) is 11.5 Å². The van der Waals surface area contributed by atoms with Crippen LogP contribution >= 0.6 is 0 Å². The SMILES string of the molecule is CCOc1ccc(NC(=O)C=Cc2ccccc2OC)cc1S(=O)(=O)N1CCCCC1. The number of sulfonamides is 1. The summed E-state index contributed by atoms with van der Waals surface area (Å²) in [6.07, 6.45) is 5.74. The number of carbonyl (C=O) groups excluding carboxylic acids is 1. The summed E-state index contributed by atoms with van der Waals surface area (Å²) in [5.74, 6) is 0.564. The Morgan fingerprint density at radius 3 is 2.55 bits per heavy atom. The first-order valence-corrected chi connectivity index (χ1v) is 11.8. The molecule has 0 saturated carbocycles. The molecule has 8 heteroatoms. The fraction of sp³-hybridized carbons (Fsp3) is 0.348. The van der Waals surface area contributed by atoms with E-state index in [-0.39, 0.29) is 16.6 Å². The van der Waals surface area contributed by atoms with Crippen LogP contribution in [0.4, 0.5) is 5.69 Å². The van der Waals surface area contributed by atoms with Crippen LogP contribution in [0, 0.1) is 0 Å². The third-order valence-electron chi connectivity index (χ3n) is 5.00. The maximum atomic E-state index is 13.2. The van der Waals surface area contributed by atoms with Crippen LogP contribution in [0.3, 0.4) is 0 Å². The largest absolute Gasteiger partial charge is 0.496 e. The lowest BCUT2D eigenvalue weighted by atomic mass is 10.2. The zero-order valence-corrected chi connectivity index (χ0v) is 18.7. The van der Waals surface area contributed by atoms with Crippen molar-refractivity contribution in [3.63, 3.8) is 0 Å². The Bertz CT molecular complexity index is 1040. The number of methoxy groups -OCH3 is 1. The van der Waals surface area contributed by atoms with Gasteiger partial charge in [-0.15, -0.1) is 0 Å². The minimum Gasteiger partial charge on any atom is -0.496 e. The summed E-state index contributed by atoms with van der Waals surface area (Å²) in [6, 6.07) is 12.0. The second kappa shape index (κ2) is 10.5. The van der Waals surface area contributed by atoms with Crippen LogP contribution in [0.2, 0.25) is 0 Å². The van der Waals surface area contributed by atoms with Crippen LogP contribution in [0.5, 0.6) is 11.5 Å². The standard InChI is InChI=1S/C23H28N2O5S/c1-3-30-21-13-12-19(17-22(21)31(27,28)25-15-7-4-8-16-25)24-23(26)14-11-18-9-5-6-10-20(18)29-2/h5-6,9-14,17H,3-4,7-8,15-16H2,1-2H3,(H,24,26). The molecule has 0 unspecified atom stereocenters. The molecule has 1 heterocycles. The van der Waals surface area contributed by atoms with Gasteiger partial charge in [0.05, 0.1) is 13.7 Å². The van der Waals surface area contributed by atoms with E-state index in [2.05, 4.69) is 5.32 Å². The van der Waals surface area contributed by atoms with Gasteiger partial charge in [-0.05, 0) is 50.1 Å². The second-order valence-electron chi connectivity index (χ2n) is 7.12. The topological polar surface area (TPSA) is 84.9 Å². The molecule has 0 spiro atoms. The molecule has 7 nitrogen and oxygen atoms in total. The van der Waals surface area contributed by atoms with Crippen LogP contribution in [-0.2, 0) is 14.8 Å². The summed E-state index contributed by atoms with van der Waals surface area (Å²) in [4.78, 5) is 12.5. The van der Waals surface area contributed by atoms with Crippen molar-refractivity contribution in [1.29, 1.82) is 0 Å². The smallest absolute Gasteiger partial charge is 0.248 e. The van der Waals surface area contributed by atoms with E-state index in [0.717, 1.165) is 24.8 Å². The molecule has 1 aliphatic rings. The number of piperidine rings is 1. The molecular weight excluding hydrogens is 416 g/mol. The van der Waals surface area contributed by atoms with Crippen LogP contribution < -0.4 is 14.8 Å².